The van der Waals surface area contributed by atoms with E-state index in [1.54, 1.807) is 4.90 Å². The van der Waals surface area contributed by atoms with Gasteiger partial charge >= 0.3 is 5.97 Å². The van der Waals surface area contributed by atoms with Gasteiger partial charge in [0.05, 0.1) is 18.7 Å². The Balaban J connectivity index is 2.01. The first-order valence-electron chi connectivity index (χ1n) is 6.21. The summed E-state index contributed by atoms with van der Waals surface area (Å²) in [6.45, 7) is 1.93. The first-order valence-corrected chi connectivity index (χ1v) is 7.09. The van der Waals surface area contributed by atoms with Crippen LogP contribution in [0.25, 0.3) is 0 Å². The number of likely N-dealkylation sites (N-methyl/N-ethyl adjacent to an activating group) is 1. The Morgan fingerprint density at radius 2 is 2.32 bits per heavy atom. The zero-order valence-electron chi connectivity index (χ0n) is 10.8. The van der Waals surface area contributed by atoms with Gasteiger partial charge in [-0.05, 0) is 6.42 Å². The van der Waals surface area contributed by atoms with Crippen LogP contribution in [0.15, 0.2) is 5.38 Å². The van der Waals surface area contributed by atoms with E-state index in [0.29, 0.717) is 13.0 Å². The number of aromatic nitrogens is 1. The summed E-state index contributed by atoms with van der Waals surface area (Å²) in [5.41, 5.74) is 0.785. The van der Waals surface area contributed by atoms with Crippen molar-refractivity contribution >= 4 is 28.3 Å². The summed E-state index contributed by atoms with van der Waals surface area (Å²) >= 11 is 1.47. The molecule has 2 heterocycles. The topological polar surface area (TPSA) is 73.7 Å². The van der Waals surface area contributed by atoms with Crippen LogP contribution in [0.5, 0.6) is 0 Å². The lowest BCUT2D eigenvalue weighted by Gasteiger charge is -2.18. The van der Waals surface area contributed by atoms with Gasteiger partial charge in [-0.1, -0.05) is 0 Å². The second-order valence-corrected chi connectivity index (χ2v) is 5.44. The summed E-state index contributed by atoms with van der Waals surface area (Å²) in [6.07, 6.45) is 1.45. The first kappa shape index (κ1) is 13.8. The van der Waals surface area contributed by atoms with E-state index < -0.39 is 5.97 Å². The predicted octanol–water partition coefficient (Wildman–Crippen LogP) is 0.829. The van der Waals surface area contributed by atoms with Gasteiger partial charge in [0.2, 0.25) is 5.91 Å². The van der Waals surface area contributed by atoms with Crippen LogP contribution in [0, 0.1) is 0 Å². The van der Waals surface area contributed by atoms with E-state index in [4.69, 9.17) is 5.11 Å². The molecule has 1 amide bonds. The minimum atomic E-state index is -0.818. The van der Waals surface area contributed by atoms with Crippen molar-refractivity contribution in [1.29, 1.82) is 0 Å². The summed E-state index contributed by atoms with van der Waals surface area (Å²) < 4.78 is 0. The van der Waals surface area contributed by atoms with E-state index >= 15 is 0 Å². The van der Waals surface area contributed by atoms with Crippen molar-refractivity contribution in [3.63, 3.8) is 0 Å². The number of rotatable bonds is 4. The third kappa shape index (κ3) is 3.66. The number of aliphatic carboxylic acids is 1. The lowest BCUT2D eigenvalue weighted by molar-refractivity contribution is -0.137. The Hall–Kier alpha value is -1.63. The van der Waals surface area contributed by atoms with Gasteiger partial charge in [-0.2, -0.15) is 0 Å². The van der Waals surface area contributed by atoms with Gasteiger partial charge in [0.25, 0.3) is 0 Å². The van der Waals surface area contributed by atoms with E-state index in [1.807, 2.05) is 17.3 Å². The van der Waals surface area contributed by atoms with Crippen LogP contribution in [0.1, 0.15) is 18.5 Å². The molecule has 0 atom stereocenters. The molecule has 0 spiro atoms. The van der Waals surface area contributed by atoms with E-state index in [-0.39, 0.29) is 12.3 Å². The van der Waals surface area contributed by atoms with Gasteiger partial charge < -0.3 is 14.9 Å². The van der Waals surface area contributed by atoms with Crippen molar-refractivity contribution in [3.05, 3.63) is 11.1 Å². The van der Waals surface area contributed by atoms with Gasteiger partial charge in [-0.3, -0.25) is 9.59 Å². The summed E-state index contributed by atoms with van der Waals surface area (Å²) in [4.78, 5) is 30.4. The highest BCUT2D eigenvalue weighted by atomic mass is 32.1. The van der Waals surface area contributed by atoms with Gasteiger partial charge in [0, 0.05) is 31.9 Å². The number of carbonyl (C=O) groups is 2. The van der Waals surface area contributed by atoms with E-state index in [1.165, 1.54) is 11.3 Å². The largest absolute Gasteiger partial charge is 0.481 e. The Labute approximate surface area is 115 Å². The SMILES string of the molecule is CN1CCCN(c2nc(CCC(=O)O)cs2)CC1=O. The minimum Gasteiger partial charge on any atom is -0.481 e. The monoisotopic (exact) mass is 283 g/mol. The highest BCUT2D eigenvalue weighted by Gasteiger charge is 2.21. The second kappa shape index (κ2) is 6.01. The zero-order valence-corrected chi connectivity index (χ0v) is 11.7. The third-order valence-electron chi connectivity index (χ3n) is 3.08. The number of carboxylic acid groups (broad SMARTS) is 1. The third-order valence-corrected chi connectivity index (χ3v) is 4.03. The lowest BCUT2D eigenvalue weighted by atomic mass is 10.2. The molecule has 19 heavy (non-hydrogen) atoms. The van der Waals surface area contributed by atoms with Gasteiger partial charge in [0.1, 0.15) is 0 Å². The number of aryl methyl sites for hydroxylation is 1. The summed E-state index contributed by atoms with van der Waals surface area (Å²) in [5, 5.41) is 11.3. The number of nitrogens with zero attached hydrogens (tertiary/aromatic N) is 3. The van der Waals surface area contributed by atoms with Crippen molar-refractivity contribution in [2.24, 2.45) is 0 Å². The molecule has 1 fully saturated rings. The van der Waals surface area contributed by atoms with Crippen molar-refractivity contribution in [3.8, 4) is 0 Å². The van der Waals surface area contributed by atoms with Gasteiger partial charge in [-0.15, -0.1) is 11.3 Å². The molecule has 1 saturated heterocycles. The fourth-order valence-electron chi connectivity index (χ4n) is 1.94. The number of amides is 1. The van der Waals surface area contributed by atoms with E-state index in [2.05, 4.69) is 4.98 Å². The summed E-state index contributed by atoms with van der Waals surface area (Å²) in [6, 6.07) is 0. The molecular weight excluding hydrogens is 266 g/mol. The first-order chi connectivity index (χ1) is 9.06. The normalized spacial score (nSPS) is 16.6. The molecule has 104 valence electrons. The minimum absolute atomic E-state index is 0.0881. The average molecular weight is 283 g/mol. The quantitative estimate of drug-likeness (QED) is 0.886. The number of carboxylic acids is 1. The Morgan fingerprint density at radius 3 is 3.05 bits per heavy atom. The lowest BCUT2D eigenvalue weighted by Crippen LogP contribution is -2.34. The standard InChI is InChI=1S/C12H17N3O3S/c1-14-5-2-6-15(7-10(14)16)12-13-9(8-19-12)3-4-11(17)18/h8H,2-7H2,1H3,(H,17,18). The number of thiazole rings is 1. The van der Waals surface area contributed by atoms with Crippen molar-refractivity contribution in [1.82, 2.24) is 9.88 Å². The molecule has 0 aliphatic carbocycles. The number of hydrogen-bond donors (Lipinski definition) is 1. The summed E-state index contributed by atoms with van der Waals surface area (Å²) in [5.74, 6) is -0.721. The highest BCUT2D eigenvalue weighted by Crippen LogP contribution is 2.22. The van der Waals surface area contributed by atoms with Gasteiger partial charge in [-0.25, -0.2) is 4.98 Å². The fourth-order valence-corrected chi connectivity index (χ4v) is 2.83. The van der Waals surface area contributed by atoms with Crippen molar-refractivity contribution in [2.75, 3.05) is 31.6 Å². The Morgan fingerprint density at radius 1 is 1.53 bits per heavy atom. The molecule has 0 unspecified atom stereocenters. The average Bonchev–Trinajstić information content (AvgIpc) is 2.76. The Kier molecular flexibility index (Phi) is 4.36. The summed E-state index contributed by atoms with van der Waals surface area (Å²) in [7, 11) is 1.81. The van der Waals surface area contributed by atoms with Crippen LogP contribution in [0.2, 0.25) is 0 Å². The smallest absolute Gasteiger partial charge is 0.303 e. The maximum atomic E-state index is 11.8. The van der Waals surface area contributed by atoms with Crippen LogP contribution < -0.4 is 4.90 Å². The molecule has 1 aliphatic rings. The van der Waals surface area contributed by atoms with Crippen LogP contribution in [0.4, 0.5) is 5.13 Å². The molecule has 1 aromatic rings. The zero-order chi connectivity index (χ0) is 13.8. The molecule has 0 bridgehead atoms. The fraction of sp³-hybridized carbons (Fsp3) is 0.583. The van der Waals surface area contributed by atoms with Crippen LogP contribution >= 0.6 is 11.3 Å². The Bertz CT molecular complexity index is 475. The van der Waals surface area contributed by atoms with E-state index in [9.17, 15) is 9.59 Å². The predicted molar refractivity (Wildman–Crippen MR) is 72.5 cm³/mol. The molecule has 0 radical (unpaired) electrons. The molecule has 0 aromatic carbocycles. The number of anilines is 1. The second-order valence-electron chi connectivity index (χ2n) is 4.61. The maximum Gasteiger partial charge on any atom is 0.303 e. The highest BCUT2D eigenvalue weighted by molar-refractivity contribution is 7.13. The molecule has 0 saturated carbocycles. The molecule has 7 heteroatoms. The van der Waals surface area contributed by atoms with Crippen molar-refractivity contribution < 1.29 is 14.7 Å². The molecule has 1 aromatic heterocycles. The number of hydrogen-bond acceptors (Lipinski definition) is 5. The maximum absolute atomic E-state index is 11.8. The van der Waals surface area contributed by atoms with Crippen molar-refractivity contribution in [2.45, 2.75) is 19.3 Å². The number of carbonyl (C=O) groups excluding carboxylic acids is 1. The molecule has 1 N–H and O–H groups in total. The van der Waals surface area contributed by atoms with Crippen LogP contribution in [-0.4, -0.2) is 53.5 Å². The molecule has 2 rings (SSSR count). The van der Waals surface area contributed by atoms with Crippen LogP contribution in [-0.2, 0) is 16.0 Å². The molecule has 6 nitrogen and oxygen atoms in total. The molecule has 1 aliphatic heterocycles. The van der Waals surface area contributed by atoms with Gasteiger partial charge in [0.15, 0.2) is 5.13 Å². The van der Waals surface area contributed by atoms with Crippen LogP contribution in [0.3, 0.4) is 0 Å². The van der Waals surface area contributed by atoms with E-state index in [0.717, 1.165) is 30.3 Å². The molecular formula is C12H17N3O3S.